The molecule has 0 aromatic heterocycles. The molecule has 1 aliphatic rings. The molecule has 1 heterocycles. The van der Waals surface area contributed by atoms with Crippen molar-refractivity contribution in [2.45, 2.75) is 0 Å². The molecule has 0 unspecified atom stereocenters. The van der Waals surface area contributed by atoms with Gasteiger partial charge in [0.05, 0.1) is 0 Å². The zero-order chi connectivity index (χ0) is 18.1. The molecule has 0 amide bonds. The van der Waals surface area contributed by atoms with E-state index >= 15 is 0 Å². The highest BCUT2D eigenvalue weighted by Gasteiger charge is 2.24. The van der Waals surface area contributed by atoms with E-state index in [4.69, 9.17) is 0 Å². The van der Waals surface area contributed by atoms with Crippen LogP contribution in [0.5, 0.6) is 0 Å². The van der Waals surface area contributed by atoms with Gasteiger partial charge in [-0.2, -0.15) is 0 Å². The van der Waals surface area contributed by atoms with Crippen LogP contribution in [0.1, 0.15) is 0 Å². The predicted octanol–water partition coefficient (Wildman–Crippen LogP) is 6.18. The van der Waals surface area contributed by atoms with Gasteiger partial charge < -0.3 is 0 Å². The standard InChI is InChI=1S/C23H15N4/c1-3-8-17(9-4-1)19-12-7-13-22-21(19)15-14-20(18-10-5-2-6-11-18)23(22)27-25-16-24-26-27/h1-15H/q+1. The summed E-state index contributed by atoms with van der Waals surface area (Å²) in [6, 6.07) is 31.3. The molecule has 1 aliphatic heterocycles. The Kier molecular flexibility index (Phi) is 3.67. The summed E-state index contributed by atoms with van der Waals surface area (Å²) in [5.74, 6) is 0. The summed E-state index contributed by atoms with van der Waals surface area (Å²) in [4.78, 5) is 0. The van der Waals surface area contributed by atoms with Crippen molar-refractivity contribution < 1.29 is 0 Å². The molecule has 4 heteroatoms. The molecule has 0 bridgehead atoms. The highest BCUT2D eigenvalue weighted by atomic mass is 15.7. The molecular formula is C23H15N4+. The third-order valence-corrected chi connectivity index (χ3v) is 4.72. The van der Waals surface area contributed by atoms with Crippen molar-refractivity contribution in [3.8, 4) is 22.3 Å². The van der Waals surface area contributed by atoms with Gasteiger partial charge in [-0.3, -0.25) is 0 Å². The van der Waals surface area contributed by atoms with E-state index in [0.29, 0.717) is 0 Å². The van der Waals surface area contributed by atoms with Gasteiger partial charge in [0.1, 0.15) is 10.8 Å². The van der Waals surface area contributed by atoms with Crippen LogP contribution < -0.4 is 5.12 Å². The monoisotopic (exact) mass is 347 g/mol. The van der Waals surface area contributed by atoms with Crippen LogP contribution in [0.15, 0.2) is 106 Å². The van der Waals surface area contributed by atoms with Crippen molar-refractivity contribution in [2.24, 2.45) is 15.4 Å². The molecule has 126 valence electrons. The van der Waals surface area contributed by atoms with Crippen LogP contribution in [0.4, 0.5) is 5.69 Å². The first-order valence-electron chi connectivity index (χ1n) is 8.75. The van der Waals surface area contributed by atoms with Gasteiger partial charge in [0.25, 0.3) is 0 Å². The molecule has 0 fully saturated rings. The molecule has 0 radical (unpaired) electrons. The maximum atomic E-state index is 4.19. The van der Waals surface area contributed by atoms with Crippen molar-refractivity contribution in [1.29, 1.82) is 0 Å². The number of hydrogen-bond acceptors (Lipinski definition) is 4. The molecule has 0 N–H and O–H groups in total. The van der Waals surface area contributed by atoms with Crippen LogP contribution in [0, 0.1) is 0 Å². The summed E-state index contributed by atoms with van der Waals surface area (Å²) in [7, 11) is 0. The van der Waals surface area contributed by atoms with Gasteiger partial charge in [-0.15, -0.1) is 0 Å². The molecule has 4 aromatic carbocycles. The van der Waals surface area contributed by atoms with Crippen molar-refractivity contribution in [2.75, 3.05) is 5.12 Å². The quantitative estimate of drug-likeness (QED) is 0.408. The highest BCUT2D eigenvalue weighted by Crippen LogP contribution is 2.41. The largest absolute Gasteiger partial charge is 0.599 e. The first kappa shape index (κ1) is 15.4. The second kappa shape index (κ2) is 6.45. The minimum atomic E-state index is 0.908. The number of benzene rings is 4. The lowest BCUT2D eigenvalue weighted by Crippen LogP contribution is -2.06. The lowest BCUT2D eigenvalue weighted by atomic mass is 9.93. The third-order valence-electron chi connectivity index (χ3n) is 4.72. The molecule has 0 saturated heterocycles. The van der Waals surface area contributed by atoms with Gasteiger partial charge in [-0.1, -0.05) is 96.1 Å². The number of nitrogens with zero attached hydrogens (tertiary/aromatic N) is 4. The lowest BCUT2D eigenvalue weighted by Gasteiger charge is -2.16. The molecule has 0 spiro atoms. The summed E-state index contributed by atoms with van der Waals surface area (Å²) in [6.45, 7) is 0. The Morgan fingerprint density at radius 3 is 1.96 bits per heavy atom. The molecule has 5 rings (SSSR count). The topological polar surface area (TPSA) is 40.3 Å². The zero-order valence-corrected chi connectivity index (χ0v) is 14.4. The summed E-state index contributed by atoms with van der Waals surface area (Å²) in [6.07, 6.45) is 2.57. The number of rotatable bonds is 3. The second-order valence-electron chi connectivity index (χ2n) is 6.27. The van der Waals surface area contributed by atoms with E-state index in [9.17, 15) is 0 Å². The number of hydrazone groups is 1. The first-order valence-corrected chi connectivity index (χ1v) is 8.75. The maximum Gasteiger partial charge on any atom is 0.599 e. The average Bonchev–Trinajstić information content (AvgIpc) is 3.28. The fourth-order valence-electron chi connectivity index (χ4n) is 3.52. The Hall–Kier alpha value is -3.88. The van der Waals surface area contributed by atoms with Crippen LogP contribution in [0.2, 0.25) is 0 Å². The van der Waals surface area contributed by atoms with Crippen LogP contribution >= 0.6 is 0 Å². The number of fused-ring (bicyclic) bond motifs is 1. The van der Waals surface area contributed by atoms with Crippen LogP contribution in [0.3, 0.4) is 0 Å². The van der Waals surface area contributed by atoms with Gasteiger partial charge in [0, 0.05) is 16.2 Å². The molecule has 4 aromatic rings. The van der Waals surface area contributed by atoms with Crippen molar-refractivity contribution in [3.05, 3.63) is 91.0 Å². The summed E-state index contributed by atoms with van der Waals surface area (Å²) in [5.41, 5.74) is 5.43. The van der Waals surface area contributed by atoms with Crippen molar-refractivity contribution in [1.82, 2.24) is 0 Å². The molecule has 27 heavy (non-hydrogen) atoms. The van der Waals surface area contributed by atoms with E-state index in [1.165, 1.54) is 11.1 Å². The highest BCUT2D eigenvalue weighted by molar-refractivity contribution is 6.08. The summed E-state index contributed by atoms with van der Waals surface area (Å²) < 4.78 is 0. The zero-order valence-electron chi connectivity index (χ0n) is 14.4. The van der Waals surface area contributed by atoms with E-state index in [0.717, 1.165) is 27.6 Å². The summed E-state index contributed by atoms with van der Waals surface area (Å²) >= 11 is 0. The Balaban J connectivity index is 1.82. The first-order chi connectivity index (χ1) is 13.4. The summed E-state index contributed by atoms with van der Waals surface area (Å²) in [5, 5.41) is 15.9. The van der Waals surface area contributed by atoms with E-state index in [1.807, 2.05) is 24.3 Å². The van der Waals surface area contributed by atoms with Gasteiger partial charge >= 0.3 is 6.34 Å². The normalized spacial score (nSPS) is 12.5. The van der Waals surface area contributed by atoms with Crippen LogP contribution in [-0.4, -0.2) is 6.34 Å². The average molecular weight is 347 g/mol. The Labute approximate surface area is 157 Å². The van der Waals surface area contributed by atoms with Gasteiger partial charge in [-0.25, -0.2) is 0 Å². The second-order valence-corrected chi connectivity index (χ2v) is 6.27. The number of anilines is 1. The third kappa shape index (κ3) is 2.65. The minimum Gasteiger partial charge on any atom is -0.0786 e. The molecule has 4 nitrogen and oxygen atoms in total. The van der Waals surface area contributed by atoms with Gasteiger partial charge in [-0.05, 0) is 22.1 Å². The number of hydrogen-bond donors (Lipinski definition) is 0. The van der Waals surface area contributed by atoms with E-state index in [1.54, 1.807) is 5.12 Å². The van der Waals surface area contributed by atoms with E-state index in [-0.39, 0.29) is 0 Å². The molecule has 0 atom stereocenters. The Morgan fingerprint density at radius 1 is 0.593 bits per heavy atom. The van der Waals surface area contributed by atoms with E-state index < -0.39 is 0 Å². The van der Waals surface area contributed by atoms with E-state index in [2.05, 4.69) is 88.5 Å². The predicted molar refractivity (Wildman–Crippen MR) is 110 cm³/mol. The molecule has 0 aliphatic carbocycles. The smallest absolute Gasteiger partial charge is 0.0786 e. The SMILES string of the molecule is [C+]1=NN(c2c(-c3ccccc3)ccc3c(-c4ccccc4)cccc23)N=N1. The van der Waals surface area contributed by atoms with Crippen molar-refractivity contribution >= 4 is 22.8 Å². The fraction of sp³-hybridized carbons (Fsp3) is 0. The van der Waals surface area contributed by atoms with Crippen LogP contribution in [-0.2, 0) is 0 Å². The van der Waals surface area contributed by atoms with Crippen LogP contribution in [0.25, 0.3) is 33.0 Å². The Morgan fingerprint density at radius 2 is 1.30 bits per heavy atom. The minimum absolute atomic E-state index is 0.908. The fourth-order valence-corrected chi connectivity index (χ4v) is 3.52. The maximum absolute atomic E-state index is 4.19. The molecule has 0 saturated carbocycles. The van der Waals surface area contributed by atoms with Gasteiger partial charge in [0.15, 0.2) is 5.11 Å². The lowest BCUT2D eigenvalue weighted by molar-refractivity contribution is 0.921. The van der Waals surface area contributed by atoms with Crippen molar-refractivity contribution in [3.63, 3.8) is 0 Å². The Bertz CT molecular complexity index is 1150. The molecular weight excluding hydrogens is 332 g/mol. The van der Waals surface area contributed by atoms with Gasteiger partial charge in [0.2, 0.25) is 0 Å².